The molecule has 7 heteroatoms. The molecule has 0 aromatic carbocycles. The maximum Gasteiger partial charge on any atom is 0.350 e. The van der Waals surface area contributed by atoms with E-state index in [0.29, 0.717) is 0 Å². The minimum Gasteiger partial charge on any atom is -0.206 e. The topological polar surface area (TPSA) is 70.0 Å². The van der Waals surface area contributed by atoms with Gasteiger partial charge in [0.1, 0.15) is 6.04 Å². The van der Waals surface area contributed by atoms with E-state index in [1.807, 2.05) is 0 Å². The van der Waals surface area contributed by atoms with Gasteiger partial charge in [0.2, 0.25) is 0 Å². The van der Waals surface area contributed by atoms with E-state index in [9.17, 15) is 17.2 Å². The molecule has 1 unspecified atom stereocenters. The lowest BCUT2D eigenvalue weighted by molar-refractivity contribution is 0.232. The molecule has 0 amide bonds. The number of nitrogens with zero attached hydrogens (tertiary/aromatic N) is 1. The Balaban J connectivity index is 4.29. The molecule has 11 heavy (non-hydrogen) atoms. The first-order valence-electron chi connectivity index (χ1n) is 2.59. The number of halogens is 2. The molecule has 64 valence electrons. The second kappa shape index (κ2) is 3.59. The predicted molar refractivity (Wildman–Crippen MR) is 33.1 cm³/mol. The Morgan fingerprint density at radius 1 is 1.55 bits per heavy atom. The Morgan fingerprint density at radius 2 is 2.00 bits per heavy atom. The second-order valence-corrected chi connectivity index (χ2v) is 3.46. The summed E-state index contributed by atoms with van der Waals surface area (Å²) < 4.78 is 45.1. The minimum atomic E-state index is -4.62. The second-order valence-electron chi connectivity index (χ2n) is 1.77. The van der Waals surface area contributed by atoms with Crippen molar-refractivity contribution in [2.24, 2.45) is 0 Å². The van der Waals surface area contributed by atoms with Gasteiger partial charge < -0.3 is 0 Å². The van der Waals surface area contributed by atoms with E-state index in [4.69, 9.17) is 5.26 Å². The lowest BCUT2D eigenvalue weighted by Gasteiger charge is -2.05. The molecule has 0 heterocycles. The van der Waals surface area contributed by atoms with Gasteiger partial charge >= 0.3 is 5.76 Å². The number of hydrogen-bond acceptors (Lipinski definition) is 3. The summed E-state index contributed by atoms with van der Waals surface area (Å²) >= 11 is 0. The van der Waals surface area contributed by atoms with Gasteiger partial charge in [-0.1, -0.05) is 0 Å². The van der Waals surface area contributed by atoms with Crippen LogP contribution < -0.4 is 4.72 Å². The van der Waals surface area contributed by atoms with E-state index in [2.05, 4.69) is 0 Å². The molecule has 4 nitrogen and oxygen atoms in total. The van der Waals surface area contributed by atoms with Crippen LogP contribution in [0, 0.1) is 11.3 Å². The molecule has 0 radical (unpaired) electrons. The number of nitrogens with one attached hydrogen (secondary N) is 1. The van der Waals surface area contributed by atoms with Crippen LogP contribution in [-0.4, -0.2) is 20.2 Å². The van der Waals surface area contributed by atoms with Crippen LogP contribution in [0.4, 0.5) is 8.78 Å². The Hall–Kier alpha value is -0.740. The van der Waals surface area contributed by atoms with Crippen LogP contribution in [-0.2, 0) is 10.0 Å². The Bertz CT molecular complexity index is 256. The first-order chi connectivity index (χ1) is 4.90. The highest BCUT2D eigenvalue weighted by Gasteiger charge is 2.25. The first-order valence-corrected chi connectivity index (χ1v) is 4.13. The monoisotopic (exact) mass is 184 g/mol. The van der Waals surface area contributed by atoms with Crippen molar-refractivity contribution in [3.63, 3.8) is 0 Å². The number of sulfonamides is 1. The van der Waals surface area contributed by atoms with Crippen molar-refractivity contribution in [2.75, 3.05) is 0 Å². The van der Waals surface area contributed by atoms with Crippen LogP contribution >= 0.6 is 0 Å². The fraction of sp³-hybridized carbons (Fsp3) is 0.750. The van der Waals surface area contributed by atoms with Crippen LogP contribution in [0.25, 0.3) is 0 Å². The minimum absolute atomic E-state index is 1.13. The molecule has 0 saturated carbocycles. The van der Waals surface area contributed by atoms with E-state index in [1.165, 1.54) is 17.7 Å². The summed E-state index contributed by atoms with van der Waals surface area (Å²) in [6.07, 6.45) is 0. The zero-order valence-corrected chi connectivity index (χ0v) is 6.40. The summed E-state index contributed by atoms with van der Waals surface area (Å²) in [4.78, 5) is 0. The largest absolute Gasteiger partial charge is 0.350 e. The number of nitriles is 1. The Kier molecular flexibility index (Phi) is 3.35. The van der Waals surface area contributed by atoms with Crippen molar-refractivity contribution in [1.29, 1.82) is 5.26 Å². The molecule has 0 aromatic heterocycles. The zero-order valence-electron chi connectivity index (χ0n) is 5.58. The number of hydrogen-bond donors (Lipinski definition) is 1. The van der Waals surface area contributed by atoms with Gasteiger partial charge in [0, 0.05) is 0 Å². The number of rotatable bonds is 3. The summed E-state index contributed by atoms with van der Waals surface area (Å²) in [5.41, 5.74) is 0. The van der Waals surface area contributed by atoms with Gasteiger partial charge in [-0.3, -0.25) is 0 Å². The Labute approximate surface area is 62.9 Å². The van der Waals surface area contributed by atoms with E-state index in [0.717, 1.165) is 0 Å². The summed E-state index contributed by atoms with van der Waals surface area (Å²) in [6.45, 7) is 1.17. The highest BCUT2D eigenvalue weighted by Crippen LogP contribution is 2.02. The lowest BCUT2D eigenvalue weighted by atomic mass is 10.4. The van der Waals surface area contributed by atoms with Gasteiger partial charge in [0.25, 0.3) is 10.0 Å². The molecule has 1 atom stereocenters. The molecule has 0 saturated heterocycles. The van der Waals surface area contributed by atoms with Crippen LogP contribution in [0.2, 0.25) is 0 Å². The normalized spacial score (nSPS) is 14.5. The van der Waals surface area contributed by atoms with Crippen molar-refractivity contribution >= 4 is 10.0 Å². The quantitative estimate of drug-likeness (QED) is 0.673. The molecular weight excluding hydrogens is 178 g/mol. The summed E-state index contributed by atoms with van der Waals surface area (Å²) in [5.74, 6) is -3.49. The third-order valence-electron chi connectivity index (χ3n) is 0.769. The van der Waals surface area contributed by atoms with Crippen LogP contribution in [0.5, 0.6) is 0 Å². The van der Waals surface area contributed by atoms with Gasteiger partial charge in [-0.2, -0.15) is 18.8 Å². The average molecular weight is 184 g/mol. The highest BCUT2D eigenvalue weighted by molar-refractivity contribution is 7.89. The highest BCUT2D eigenvalue weighted by atomic mass is 32.2. The molecule has 0 aromatic rings. The summed E-state index contributed by atoms with van der Waals surface area (Å²) in [5, 5.41) is 8.06. The SMILES string of the molecule is CC(C#N)NS(=O)(=O)C(F)F. The molecule has 1 N–H and O–H groups in total. The van der Waals surface area contributed by atoms with Gasteiger partial charge in [0.05, 0.1) is 6.07 Å². The molecule has 0 aliphatic rings. The third kappa shape index (κ3) is 3.25. The fourth-order valence-electron chi connectivity index (χ4n) is 0.324. The van der Waals surface area contributed by atoms with Crippen molar-refractivity contribution in [1.82, 2.24) is 4.72 Å². The molecule has 0 fully saturated rings. The molecule has 0 aliphatic carbocycles. The standard InChI is InChI=1S/C4H6F2N2O2S/c1-3(2-7)8-11(9,10)4(5)6/h3-4,8H,1H3. The van der Waals surface area contributed by atoms with Crippen LogP contribution in [0.1, 0.15) is 6.92 Å². The third-order valence-corrected chi connectivity index (χ3v) is 1.92. The zero-order chi connectivity index (χ0) is 9.07. The molecule has 0 rings (SSSR count). The average Bonchev–Trinajstić information content (AvgIpc) is 1.86. The van der Waals surface area contributed by atoms with Crippen LogP contribution in [0.3, 0.4) is 0 Å². The summed E-state index contributed by atoms with van der Waals surface area (Å²) in [7, 11) is -4.62. The molecule has 0 spiro atoms. The maximum atomic E-state index is 11.5. The molecule has 0 aliphatic heterocycles. The van der Waals surface area contributed by atoms with Crippen molar-refractivity contribution in [3.05, 3.63) is 0 Å². The van der Waals surface area contributed by atoms with E-state index in [-0.39, 0.29) is 0 Å². The smallest absolute Gasteiger partial charge is 0.206 e. The van der Waals surface area contributed by atoms with Gasteiger partial charge in [-0.15, -0.1) is 0 Å². The Morgan fingerprint density at radius 3 is 2.27 bits per heavy atom. The predicted octanol–water partition coefficient (Wildman–Crippen LogP) is 0.0405. The lowest BCUT2D eigenvalue weighted by Crippen LogP contribution is -2.35. The maximum absolute atomic E-state index is 11.5. The van der Waals surface area contributed by atoms with Gasteiger partial charge in [-0.05, 0) is 6.92 Å². The first kappa shape index (κ1) is 10.3. The molecule has 0 bridgehead atoms. The van der Waals surface area contributed by atoms with Gasteiger partial charge in [0.15, 0.2) is 0 Å². The molecular formula is C4H6F2N2O2S. The van der Waals surface area contributed by atoms with E-state index >= 15 is 0 Å². The summed E-state index contributed by atoms with van der Waals surface area (Å²) in [6, 6.07) is 0.322. The van der Waals surface area contributed by atoms with Crippen molar-refractivity contribution in [3.8, 4) is 6.07 Å². The fourth-order valence-corrected chi connectivity index (χ4v) is 0.973. The van der Waals surface area contributed by atoms with E-state index in [1.54, 1.807) is 0 Å². The number of alkyl halides is 2. The van der Waals surface area contributed by atoms with Crippen molar-refractivity contribution in [2.45, 2.75) is 18.7 Å². The van der Waals surface area contributed by atoms with E-state index < -0.39 is 21.8 Å². The van der Waals surface area contributed by atoms with Crippen LogP contribution in [0.15, 0.2) is 0 Å². The van der Waals surface area contributed by atoms with Crippen molar-refractivity contribution < 1.29 is 17.2 Å². The van der Waals surface area contributed by atoms with Gasteiger partial charge in [-0.25, -0.2) is 8.42 Å².